The lowest BCUT2D eigenvalue weighted by Crippen LogP contribution is -2.13. The molecular weight excluding hydrogens is 376 g/mol. The van der Waals surface area contributed by atoms with Crippen LogP contribution < -0.4 is 4.74 Å². The van der Waals surface area contributed by atoms with E-state index >= 15 is 0 Å². The van der Waals surface area contributed by atoms with Gasteiger partial charge in [0.1, 0.15) is 5.75 Å². The van der Waals surface area contributed by atoms with E-state index in [9.17, 15) is 0 Å². The monoisotopic (exact) mass is 420 g/mol. The van der Waals surface area contributed by atoms with Crippen LogP contribution in [0.15, 0.2) is 42.5 Å². The lowest BCUT2D eigenvalue weighted by atomic mass is 9.77. The Bertz CT molecular complexity index is 752. The molecular formula is C30H44O. The molecule has 1 nitrogen and oxygen atoms in total. The Morgan fingerprint density at radius 3 is 2.10 bits per heavy atom. The molecule has 1 aliphatic rings. The summed E-state index contributed by atoms with van der Waals surface area (Å²) in [4.78, 5) is 0. The van der Waals surface area contributed by atoms with Gasteiger partial charge in [-0.1, -0.05) is 95.5 Å². The normalized spacial score (nSPS) is 18.8. The molecule has 0 bridgehead atoms. The van der Waals surface area contributed by atoms with E-state index in [4.69, 9.17) is 4.74 Å². The van der Waals surface area contributed by atoms with Crippen LogP contribution in [0.25, 0.3) is 11.1 Å². The molecule has 0 aliphatic heterocycles. The molecule has 1 fully saturated rings. The van der Waals surface area contributed by atoms with Gasteiger partial charge in [-0.05, 0) is 78.3 Å². The van der Waals surface area contributed by atoms with Crippen molar-refractivity contribution in [2.45, 2.75) is 103 Å². The second-order valence-electron chi connectivity index (χ2n) is 9.63. The van der Waals surface area contributed by atoms with Crippen LogP contribution in [-0.2, 0) is 6.42 Å². The van der Waals surface area contributed by atoms with Crippen LogP contribution in [0.3, 0.4) is 0 Å². The van der Waals surface area contributed by atoms with Gasteiger partial charge in [0.15, 0.2) is 0 Å². The average Bonchev–Trinajstić information content (AvgIpc) is 2.83. The Morgan fingerprint density at radius 2 is 1.45 bits per heavy atom. The highest BCUT2D eigenvalue weighted by Crippen LogP contribution is 2.38. The van der Waals surface area contributed by atoms with Crippen molar-refractivity contribution in [1.82, 2.24) is 0 Å². The standard InChI is InChI=1S/C30H44O/c1-4-6-7-8-9-10-11-12-24-13-15-26(16-14-24)27-17-19-28(20-18-27)30-22-21-29(31-3)23-25(30)5-2/h17-24,26H,4-16H2,1-3H3. The minimum absolute atomic E-state index is 0.765. The van der Waals surface area contributed by atoms with Crippen molar-refractivity contribution in [3.05, 3.63) is 53.6 Å². The van der Waals surface area contributed by atoms with E-state index in [1.807, 2.05) is 0 Å². The lowest BCUT2D eigenvalue weighted by Gasteiger charge is -2.29. The van der Waals surface area contributed by atoms with Crippen LogP contribution in [0, 0.1) is 5.92 Å². The second kappa shape index (κ2) is 12.9. The predicted octanol–water partition coefficient (Wildman–Crippen LogP) is 9.34. The van der Waals surface area contributed by atoms with E-state index in [0.717, 1.165) is 24.0 Å². The molecule has 0 unspecified atom stereocenters. The van der Waals surface area contributed by atoms with Gasteiger partial charge in [-0.15, -0.1) is 0 Å². The van der Waals surface area contributed by atoms with Crippen LogP contribution in [0.1, 0.15) is 108 Å². The molecule has 1 aliphatic carbocycles. The summed E-state index contributed by atoms with van der Waals surface area (Å²) in [5.74, 6) is 2.70. The fourth-order valence-electron chi connectivity index (χ4n) is 5.38. The Balaban J connectivity index is 1.45. The molecule has 0 saturated heterocycles. The van der Waals surface area contributed by atoms with Gasteiger partial charge in [-0.3, -0.25) is 0 Å². The van der Waals surface area contributed by atoms with E-state index in [2.05, 4.69) is 56.3 Å². The zero-order valence-electron chi connectivity index (χ0n) is 20.3. The summed E-state index contributed by atoms with van der Waals surface area (Å²) in [5, 5.41) is 0. The lowest BCUT2D eigenvalue weighted by molar-refractivity contribution is 0.302. The number of unbranched alkanes of at least 4 members (excludes halogenated alkanes) is 6. The predicted molar refractivity (Wildman–Crippen MR) is 135 cm³/mol. The number of rotatable bonds is 12. The van der Waals surface area contributed by atoms with Crippen LogP contribution in [0.2, 0.25) is 0 Å². The molecule has 3 rings (SSSR count). The van der Waals surface area contributed by atoms with Gasteiger partial charge < -0.3 is 4.74 Å². The largest absolute Gasteiger partial charge is 0.497 e. The van der Waals surface area contributed by atoms with E-state index in [1.54, 1.807) is 12.7 Å². The summed E-state index contributed by atoms with van der Waals surface area (Å²) in [6, 6.07) is 15.9. The highest BCUT2D eigenvalue weighted by Gasteiger charge is 2.22. The maximum Gasteiger partial charge on any atom is 0.119 e. The van der Waals surface area contributed by atoms with Crippen LogP contribution >= 0.6 is 0 Å². The highest BCUT2D eigenvalue weighted by molar-refractivity contribution is 5.68. The number of aryl methyl sites for hydroxylation is 1. The molecule has 170 valence electrons. The van der Waals surface area contributed by atoms with Gasteiger partial charge >= 0.3 is 0 Å². The molecule has 0 aromatic heterocycles. The smallest absolute Gasteiger partial charge is 0.119 e. The van der Waals surface area contributed by atoms with Crippen molar-refractivity contribution in [2.24, 2.45) is 5.92 Å². The first-order valence-corrected chi connectivity index (χ1v) is 13.0. The van der Waals surface area contributed by atoms with E-state index in [0.29, 0.717) is 0 Å². The second-order valence-corrected chi connectivity index (χ2v) is 9.63. The zero-order valence-corrected chi connectivity index (χ0v) is 20.3. The van der Waals surface area contributed by atoms with Crippen molar-refractivity contribution in [3.8, 4) is 16.9 Å². The van der Waals surface area contributed by atoms with Crippen molar-refractivity contribution < 1.29 is 4.74 Å². The van der Waals surface area contributed by atoms with Crippen LogP contribution in [0.4, 0.5) is 0 Å². The minimum Gasteiger partial charge on any atom is -0.497 e. The quantitative estimate of drug-likeness (QED) is 0.311. The van der Waals surface area contributed by atoms with Gasteiger partial charge in [-0.2, -0.15) is 0 Å². The molecule has 0 spiro atoms. The maximum absolute atomic E-state index is 5.41. The fraction of sp³-hybridized carbons (Fsp3) is 0.600. The average molecular weight is 421 g/mol. The summed E-state index contributed by atoms with van der Waals surface area (Å²) in [6.45, 7) is 4.52. The third-order valence-electron chi connectivity index (χ3n) is 7.45. The first-order valence-electron chi connectivity index (χ1n) is 13.0. The first-order chi connectivity index (χ1) is 15.2. The van der Waals surface area contributed by atoms with E-state index in [1.165, 1.54) is 93.7 Å². The van der Waals surface area contributed by atoms with Crippen LogP contribution in [0.5, 0.6) is 5.75 Å². The summed E-state index contributed by atoms with van der Waals surface area (Å²) in [6.07, 6.45) is 18.1. The van der Waals surface area contributed by atoms with E-state index < -0.39 is 0 Å². The Morgan fingerprint density at radius 1 is 0.774 bits per heavy atom. The molecule has 1 saturated carbocycles. The summed E-state index contributed by atoms with van der Waals surface area (Å²) in [7, 11) is 1.74. The molecule has 2 aromatic rings. The highest BCUT2D eigenvalue weighted by atomic mass is 16.5. The summed E-state index contributed by atoms with van der Waals surface area (Å²) >= 11 is 0. The fourth-order valence-corrected chi connectivity index (χ4v) is 5.38. The molecule has 0 N–H and O–H groups in total. The van der Waals surface area contributed by atoms with Gasteiger partial charge in [0.05, 0.1) is 7.11 Å². The minimum atomic E-state index is 0.765. The molecule has 1 heteroatoms. The van der Waals surface area contributed by atoms with Gasteiger partial charge in [-0.25, -0.2) is 0 Å². The number of ether oxygens (including phenoxy) is 1. The molecule has 0 atom stereocenters. The SMILES string of the molecule is CCCCCCCCCC1CCC(c2ccc(-c3ccc(OC)cc3CC)cc2)CC1. The molecule has 0 amide bonds. The topological polar surface area (TPSA) is 9.23 Å². The Hall–Kier alpha value is -1.76. The Kier molecular flexibility index (Phi) is 9.97. The molecule has 0 heterocycles. The zero-order chi connectivity index (χ0) is 21.9. The molecule has 0 radical (unpaired) electrons. The van der Waals surface area contributed by atoms with E-state index in [-0.39, 0.29) is 0 Å². The van der Waals surface area contributed by atoms with Crippen molar-refractivity contribution in [1.29, 1.82) is 0 Å². The third-order valence-corrected chi connectivity index (χ3v) is 7.45. The van der Waals surface area contributed by atoms with Gasteiger partial charge in [0.2, 0.25) is 0 Å². The van der Waals surface area contributed by atoms with Crippen LogP contribution in [-0.4, -0.2) is 7.11 Å². The molecule has 2 aromatic carbocycles. The first kappa shape index (κ1) is 23.9. The summed E-state index contributed by atoms with van der Waals surface area (Å²) < 4.78 is 5.41. The summed E-state index contributed by atoms with van der Waals surface area (Å²) in [5.41, 5.74) is 5.58. The van der Waals surface area contributed by atoms with Crippen molar-refractivity contribution in [2.75, 3.05) is 7.11 Å². The number of benzene rings is 2. The Labute approximate surface area is 191 Å². The number of hydrogen-bond acceptors (Lipinski definition) is 1. The van der Waals surface area contributed by atoms with Gasteiger partial charge in [0, 0.05) is 0 Å². The van der Waals surface area contributed by atoms with Crippen molar-refractivity contribution >= 4 is 0 Å². The van der Waals surface area contributed by atoms with Crippen molar-refractivity contribution in [3.63, 3.8) is 0 Å². The number of methoxy groups -OCH3 is 1. The third kappa shape index (κ3) is 7.13. The molecule has 31 heavy (non-hydrogen) atoms. The van der Waals surface area contributed by atoms with Gasteiger partial charge in [0.25, 0.3) is 0 Å². The maximum atomic E-state index is 5.41. The number of hydrogen-bond donors (Lipinski definition) is 0.